The normalized spacial score (nSPS) is 11.8. The van der Waals surface area contributed by atoms with Crippen LogP contribution in [-0.4, -0.2) is 46.3 Å². The third-order valence-corrected chi connectivity index (χ3v) is 4.20. The summed E-state index contributed by atoms with van der Waals surface area (Å²) in [5, 5.41) is 12.0. The van der Waals surface area contributed by atoms with E-state index in [2.05, 4.69) is 62.2 Å². The molecule has 0 amide bonds. The highest BCUT2D eigenvalue weighted by Crippen LogP contribution is 2.22. The summed E-state index contributed by atoms with van der Waals surface area (Å²) in [5.41, 5.74) is 8.83. The Balaban J connectivity index is 3.16. The first-order chi connectivity index (χ1) is 9.74. The van der Waals surface area contributed by atoms with Crippen LogP contribution in [0.2, 0.25) is 0 Å². The number of thiocarbonyl (C=S) groups is 1. The van der Waals surface area contributed by atoms with E-state index in [-0.39, 0.29) is 5.54 Å². The summed E-state index contributed by atoms with van der Waals surface area (Å²) >= 11 is 5.23. The van der Waals surface area contributed by atoms with E-state index < -0.39 is 0 Å². The SMILES string of the molecule is CCc1nnc(NCC(C)(C)N(C)C)c(C(N)=S)c1CC. The highest BCUT2D eigenvalue weighted by atomic mass is 32.1. The lowest BCUT2D eigenvalue weighted by Crippen LogP contribution is -2.44. The Morgan fingerprint density at radius 3 is 2.29 bits per heavy atom. The molecule has 3 N–H and O–H groups in total. The standard InChI is InChI=1S/C15H27N5S/c1-7-10-11(8-2)18-19-14(12(10)13(16)21)17-9-15(3,4)20(5)6/h7-9H2,1-6H3,(H2,16,21)(H,17,19). The van der Waals surface area contributed by atoms with Crippen molar-refractivity contribution in [2.24, 2.45) is 5.73 Å². The summed E-state index contributed by atoms with van der Waals surface area (Å²) in [5.74, 6) is 0.687. The molecule has 1 aromatic heterocycles. The molecule has 0 saturated carbocycles. The predicted octanol–water partition coefficient (Wildman–Crippen LogP) is 1.99. The maximum atomic E-state index is 5.93. The Hall–Kier alpha value is -1.27. The van der Waals surface area contributed by atoms with Gasteiger partial charge in [0.25, 0.3) is 0 Å². The van der Waals surface area contributed by atoms with Crippen LogP contribution >= 0.6 is 12.2 Å². The summed E-state index contributed by atoms with van der Waals surface area (Å²) in [6.45, 7) is 9.21. The Kier molecular flexibility index (Phi) is 6.04. The first kappa shape index (κ1) is 17.8. The highest BCUT2D eigenvalue weighted by Gasteiger charge is 2.22. The second-order valence-corrected chi connectivity index (χ2v) is 6.42. The molecule has 0 unspecified atom stereocenters. The molecule has 6 heteroatoms. The molecule has 0 aliphatic carbocycles. The van der Waals surface area contributed by atoms with Gasteiger partial charge in [0.15, 0.2) is 5.82 Å². The second kappa shape index (κ2) is 7.13. The molecular formula is C15H27N5S. The van der Waals surface area contributed by atoms with Gasteiger partial charge in [-0.05, 0) is 46.3 Å². The highest BCUT2D eigenvalue weighted by molar-refractivity contribution is 7.80. The van der Waals surface area contributed by atoms with Gasteiger partial charge in [0, 0.05) is 12.1 Å². The lowest BCUT2D eigenvalue weighted by Gasteiger charge is -2.33. The summed E-state index contributed by atoms with van der Waals surface area (Å²) in [7, 11) is 4.11. The Morgan fingerprint density at radius 1 is 1.24 bits per heavy atom. The fourth-order valence-corrected chi connectivity index (χ4v) is 2.24. The number of aromatic nitrogens is 2. The Labute approximate surface area is 133 Å². The van der Waals surface area contributed by atoms with Crippen molar-refractivity contribution in [1.29, 1.82) is 0 Å². The number of hydrogen-bond acceptors (Lipinski definition) is 5. The third-order valence-electron chi connectivity index (χ3n) is 3.99. The number of aryl methyl sites for hydroxylation is 1. The van der Waals surface area contributed by atoms with Crippen molar-refractivity contribution in [3.05, 3.63) is 16.8 Å². The summed E-state index contributed by atoms with van der Waals surface area (Å²) in [6.07, 6.45) is 1.67. The molecule has 0 aromatic carbocycles. The maximum absolute atomic E-state index is 5.93. The molecule has 5 nitrogen and oxygen atoms in total. The van der Waals surface area contributed by atoms with Crippen molar-refractivity contribution < 1.29 is 0 Å². The van der Waals surface area contributed by atoms with Gasteiger partial charge in [0.1, 0.15) is 4.99 Å². The zero-order valence-corrected chi connectivity index (χ0v) is 14.8. The smallest absolute Gasteiger partial charge is 0.159 e. The molecule has 0 aliphatic heterocycles. The minimum absolute atomic E-state index is 0.00896. The minimum Gasteiger partial charge on any atom is -0.389 e. The summed E-state index contributed by atoms with van der Waals surface area (Å²) in [4.78, 5) is 2.54. The van der Waals surface area contributed by atoms with Crippen LogP contribution < -0.4 is 11.1 Å². The van der Waals surface area contributed by atoms with E-state index in [1.807, 2.05) is 0 Å². The number of nitrogens with two attached hydrogens (primary N) is 1. The van der Waals surface area contributed by atoms with Crippen LogP contribution in [0.3, 0.4) is 0 Å². The van der Waals surface area contributed by atoms with Crippen LogP contribution in [0.4, 0.5) is 5.82 Å². The first-order valence-electron chi connectivity index (χ1n) is 7.34. The van der Waals surface area contributed by atoms with Gasteiger partial charge in [-0.15, -0.1) is 5.10 Å². The summed E-state index contributed by atoms with van der Waals surface area (Å²) < 4.78 is 0. The second-order valence-electron chi connectivity index (χ2n) is 5.98. The molecule has 1 aromatic rings. The fraction of sp³-hybridized carbons (Fsp3) is 0.667. The molecule has 1 heterocycles. The Morgan fingerprint density at radius 2 is 1.86 bits per heavy atom. The molecule has 0 fully saturated rings. The van der Waals surface area contributed by atoms with Crippen molar-refractivity contribution in [2.75, 3.05) is 26.0 Å². The van der Waals surface area contributed by atoms with Crippen molar-refractivity contribution in [3.63, 3.8) is 0 Å². The Bertz CT molecular complexity index is 511. The zero-order valence-electron chi connectivity index (χ0n) is 13.9. The summed E-state index contributed by atoms with van der Waals surface area (Å²) in [6, 6.07) is 0. The van der Waals surface area contributed by atoms with Crippen LogP contribution in [0.1, 0.15) is 44.5 Å². The van der Waals surface area contributed by atoms with Crippen molar-refractivity contribution in [1.82, 2.24) is 15.1 Å². The topological polar surface area (TPSA) is 67.1 Å². The largest absolute Gasteiger partial charge is 0.389 e. The first-order valence-corrected chi connectivity index (χ1v) is 7.74. The molecule has 0 spiro atoms. The van der Waals surface area contributed by atoms with Gasteiger partial charge < -0.3 is 16.0 Å². The maximum Gasteiger partial charge on any atom is 0.159 e. The van der Waals surface area contributed by atoms with Gasteiger partial charge in [0.2, 0.25) is 0 Å². The quantitative estimate of drug-likeness (QED) is 0.751. The fourth-order valence-electron chi connectivity index (χ4n) is 2.02. The van der Waals surface area contributed by atoms with Crippen molar-refractivity contribution >= 4 is 23.0 Å². The molecule has 0 bridgehead atoms. The van der Waals surface area contributed by atoms with Gasteiger partial charge in [-0.2, -0.15) is 5.10 Å². The van der Waals surface area contributed by atoms with E-state index in [0.29, 0.717) is 10.8 Å². The zero-order chi connectivity index (χ0) is 16.2. The van der Waals surface area contributed by atoms with Gasteiger partial charge in [-0.3, -0.25) is 0 Å². The molecular weight excluding hydrogens is 282 g/mol. The monoisotopic (exact) mass is 309 g/mol. The lowest BCUT2D eigenvalue weighted by atomic mass is 10.0. The molecule has 21 heavy (non-hydrogen) atoms. The van der Waals surface area contributed by atoms with Crippen LogP contribution in [0, 0.1) is 0 Å². The number of hydrogen-bond donors (Lipinski definition) is 2. The molecule has 118 valence electrons. The van der Waals surface area contributed by atoms with Crippen LogP contribution in [0.25, 0.3) is 0 Å². The molecule has 0 saturated heterocycles. The van der Waals surface area contributed by atoms with Gasteiger partial charge in [0.05, 0.1) is 11.3 Å². The van der Waals surface area contributed by atoms with Crippen LogP contribution in [0.5, 0.6) is 0 Å². The van der Waals surface area contributed by atoms with Gasteiger partial charge in [-0.1, -0.05) is 26.1 Å². The van der Waals surface area contributed by atoms with Crippen molar-refractivity contribution in [3.8, 4) is 0 Å². The van der Waals surface area contributed by atoms with E-state index in [4.69, 9.17) is 18.0 Å². The number of nitrogens with zero attached hydrogens (tertiary/aromatic N) is 3. The lowest BCUT2D eigenvalue weighted by molar-refractivity contribution is 0.210. The number of likely N-dealkylation sites (N-methyl/N-ethyl adjacent to an activating group) is 1. The molecule has 0 radical (unpaired) electrons. The molecule has 1 rings (SSSR count). The number of rotatable bonds is 7. The van der Waals surface area contributed by atoms with Crippen molar-refractivity contribution in [2.45, 2.75) is 46.1 Å². The van der Waals surface area contributed by atoms with Gasteiger partial charge in [-0.25, -0.2) is 0 Å². The van der Waals surface area contributed by atoms with E-state index in [1.54, 1.807) is 0 Å². The van der Waals surface area contributed by atoms with E-state index in [1.165, 1.54) is 0 Å². The predicted molar refractivity (Wildman–Crippen MR) is 92.9 cm³/mol. The molecule has 0 atom stereocenters. The average molecular weight is 309 g/mol. The van der Waals surface area contributed by atoms with Gasteiger partial charge >= 0.3 is 0 Å². The van der Waals surface area contributed by atoms with E-state index in [9.17, 15) is 0 Å². The van der Waals surface area contributed by atoms with E-state index >= 15 is 0 Å². The molecule has 0 aliphatic rings. The number of anilines is 1. The number of nitrogens with one attached hydrogen (secondary N) is 1. The van der Waals surface area contributed by atoms with Crippen LogP contribution in [0.15, 0.2) is 0 Å². The van der Waals surface area contributed by atoms with Crippen LogP contribution in [-0.2, 0) is 12.8 Å². The average Bonchev–Trinajstić information content (AvgIpc) is 2.43. The third kappa shape index (κ3) is 4.11. The van der Waals surface area contributed by atoms with E-state index in [0.717, 1.165) is 36.2 Å². The minimum atomic E-state index is -0.00896.